The number of sulfonamides is 1. The van der Waals surface area contributed by atoms with Crippen molar-refractivity contribution >= 4 is 38.7 Å². The van der Waals surface area contributed by atoms with Gasteiger partial charge in [0.1, 0.15) is 4.21 Å². The third kappa shape index (κ3) is 4.05. The molecule has 3 aromatic heterocycles. The van der Waals surface area contributed by atoms with Crippen molar-refractivity contribution in [1.82, 2.24) is 19.7 Å². The molecular weight excluding hydrogens is 422 g/mol. The number of nitrogens with zero attached hydrogens (tertiary/aromatic N) is 3. The van der Waals surface area contributed by atoms with Crippen LogP contribution in [-0.2, 0) is 21.4 Å². The largest absolute Gasteiger partial charge is 0.351 e. The number of carbonyl (C=O) groups excluding carboxylic acids is 1. The number of hydrogen-bond acceptors (Lipinski definition) is 6. The molecule has 0 radical (unpaired) electrons. The van der Waals surface area contributed by atoms with Crippen LogP contribution < -0.4 is 10.0 Å². The van der Waals surface area contributed by atoms with Crippen molar-refractivity contribution in [2.45, 2.75) is 24.6 Å². The molecule has 0 bridgehead atoms. The number of rotatable bonds is 6. The van der Waals surface area contributed by atoms with Gasteiger partial charge in [-0.25, -0.2) is 18.4 Å². The SMILES string of the molecule is CC(=O)NCc1ccc(S(=O)(=O)Nc2cccc(-c3nc4ncccn4c3C)c2)s1. The minimum absolute atomic E-state index is 0.166. The van der Waals surface area contributed by atoms with Crippen LogP contribution in [0.5, 0.6) is 0 Å². The number of anilines is 1. The number of carbonyl (C=O) groups is 1. The molecule has 0 saturated heterocycles. The van der Waals surface area contributed by atoms with E-state index in [0.717, 1.165) is 33.2 Å². The standard InChI is InChI=1S/C20H19N5O3S2/c1-13-19(23-20-21-9-4-10-25(13)20)15-5-3-6-16(11-15)24-30(27,28)18-8-7-17(29-18)12-22-14(2)26/h3-11,24H,12H2,1-2H3,(H,22,26). The molecule has 1 aromatic carbocycles. The quantitative estimate of drug-likeness (QED) is 0.478. The molecule has 2 N–H and O–H groups in total. The number of hydrogen-bond donors (Lipinski definition) is 2. The first-order valence-corrected chi connectivity index (χ1v) is 11.4. The van der Waals surface area contributed by atoms with Crippen molar-refractivity contribution in [3.8, 4) is 11.3 Å². The zero-order valence-corrected chi connectivity index (χ0v) is 17.9. The Balaban J connectivity index is 1.59. The van der Waals surface area contributed by atoms with E-state index in [-0.39, 0.29) is 10.1 Å². The molecule has 8 nitrogen and oxygen atoms in total. The Kier molecular flexibility index (Phi) is 5.27. The smallest absolute Gasteiger partial charge is 0.271 e. The highest BCUT2D eigenvalue weighted by molar-refractivity contribution is 7.94. The third-order valence-corrected chi connectivity index (χ3v) is 7.40. The lowest BCUT2D eigenvalue weighted by atomic mass is 10.1. The fourth-order valence-electron chi connectivity index (χ4n) is 3.02. The number of nitrogens with one attached hydrogen (secondary N) is 2. The molecule has 0 aliphatic rings. The van der Waals surface area contributed by atoms with Crippen molar-refractivity contribution in [2.75, 3.05) is 4.72 Å². The molecule has 0 aliphatic heterocycles. The summed E-state index contributed by atoms with van der Waals surface area (Å²) in [5.41, 5.74) is 2.88. The van der Waals surface area contributed by atoms with Crippen LogP contribution in [-0.4, -0.2) is 28.7 Å². The second-order valence-electron chi connectivity index (χ2n) is 6.65. The molecule has 154 valence electrons. The second-order valence-corrected chi connectivity index (χ2v) is 9.73. The number of thiophene rings is 1. The molecule has 3 heterocycles. The molecule has 1 amide bonds. The van der Waals surface area contributed by atoms with E-state index in [1.165, 1.54) is 13.0 Å². The number of fused-ring (bicyclic) bond motifs is 1. The molecule has 4 rings (SSSR count). The molecule has 0 fully saturated rings. The molecule has 0 spiro atoms. The maximum absolute atomic E-state index is 12.8. The van der Waals surface area contributed by atoms with Crippen LogP contribution in [0, 0.1) is 6.92 Å². The van der Waals surface area contributed by atoms with E-state index in [4.69, 9.17) is 0 Å². The number of amides is 1. The van der Waals surface area contributed by atoms with Crippen molar-refractivity contribution in [2.24, 2.45) is 0 Å². The molecule has 30 heavy (non-hydrogen) atoms. The van der Waals surface area contributed by atoms with Crippen LogP contribution in [0.4, 0.5) is 5.69 Å². The molecule has 0 saturated carbocycles. The Labute approximate surface area is 177 Å². The molecule has 10 heteroatoms. The highest BCUT2D eigenvalue weighted by atomic mass is 32.2. The number of aryl methyl sites for hydroxylation is 1. The fourth-order valence-corrected chi connectivity index (χ4v) is 5.37. The van der Waals surface area contributed by atoms with E-state index in [9.17, 15) is 13.2 Å². The summed E-state index contributed by atoms with van der Waals surface area (Å²) in [6.45, 7) is 3.66. The first kappa shape index (κ1) is 20.0. The van der Waals surface area contributed by atoms with Gasteiger partial charge in [0.25, 0.3) is 10.0 Å². The van der Waals surface area contributed by atoms with Gasteiger partial charge in [0, 0.05) is 41.1 Å². The number of aromatic nitrogens is 3. The van der Waals surface area contributed by atoms with E-state index < -0.39 is 10.0 Å². The first-order chi connectivity index (χ1) is 14.3. The van der Waals surface area contributed by atoms with Crippen LogP contribution in [0.3, 0.4) is 0 Å². The highest BCUT2D eigenvalue weighted by Gasteiger charge is 2.18. The monoisotopic (exact) mass is 441 g/mol. The van der Waals surface area contributed by atoms with Crippen LogP contribution in [0.1, 0.15) is 17.5 Å². The van der Waals surface area contributed by atoms with Gasteiger partial charge in [-0.3, -0.25) is 13.9 Å². The van der Waals surface area contributed by atoms with Gasteiger partial charge in [-0.1, -0.05) is 12.1 Å². The van der Waals surface area contributed by atoms with E-state index in [0.29, 0.717) is 18.0 Å². The summed E-state index contributed by atoms with van der Waals surface area (Å²) in [7, 11) is -3.75. The topological polar surface area (TPSA) is 105 Å². The van der Waals surface area contributed by atoms with Crippen molar-refractivity contribution in [3.63, 3.8) is 0 Å². The van der Waals surface area contributed by atoms with E-state index in [1.54, 1.807) is 30.5 Å². The Morgan fingerprint density at radius 3 is 2.80 bits per heavy atom. The minimum Gasteiger partial charge on any atom is -0.351 e. The van der Waals surface area contributed by atoms with Gasteiger partial charge in [-0.05, 0) is 37.3 Å². The maximum Gasteiger partial charge on any atom is 0.271 e. The van der Waals surface area contributed by atoms with E-state index in [2.05, 4.69) is 20.0 Å². The molecule has 0 aliphatic carbocycles. The van der Waals surface area contributed by atoms with Crippen molar-refractivity contribution in [3.05, 3.63) is 65.4 Å². The summed E-state index contributed by atoms with van der Waals surface area (Å²) in [5.74, 6) is 0.418. The Morgan fingerprint density at radius 2 is 2.03 bits per heavy atom. The summed E-state index contributed by atoms with van der Waals surface area (Å²) < 4.78 is 30.3. The summed E-state index contributed by atoms with van der Waals surface area (Å²) in [5, 5.41) is 2.66. The van der Waals surface area contributed by atoms with Crippen LogP contribution in [0.15, 0.2) is 59.1 Å². The Hall–Kier alpha value is -3.24. The molecule has 4 aromatic rings. The van der Waals surface area contributed by atoms with Gasteiger partial charge in [0.15, 0.2) is 0 Å². The first-order valence-electron chi connectivity index (χ1n) is 9.09. The summed E-state index contributed by atoms with van der Waals surface area (Å²) in [6, 6.07) is 12.2. The lowest BCUT2D eigenvalue weighted by Gasteiger charge is -2.08. The Morgan fingerprint density at radius 1 is 1.20 bits per heavy atom. The number of imidazole rings is 1. The predicted molar refractivity (Wildman–Crippen MR) is 116 cm³/mol. The lowest BCUT2D eigenvalue weighted by molar-refractivity contribution is -0.119. The molecule has 0 unspecified atom stereocenters. The van der Waals surface area contributed by atoms with Crippen LogP contribution >= 0.6 is 11.3 Å². The average molecular weight is 442 g/mol. The van der Waals surface area contributed by atoms with Crippen LogP contribution in [0.25, 0.3) is 17.0 Å². The normalized spacial score (nSPS) is 11.5. The predicted octanol–water partition coefficient (Wildman–Crippen LogP) is 3.20. The maximum atomic E-state index is 12.8. The van der Waals surface area contributed by atoms with Gasteiger partial charge in [-0.15, -0.1) is 11.3 Å². The van der Waals surface area contributed by atoms with Gasteiger partial charge in [-0.2, -0.15) is 0 Å². The minimum atomic E-state index is -3.75. The lowest BCUT2D eigenvalue weighted by Crippen LogP contribution is -2.18. The van der Waals surface area contributed by atoms with E-state index >= 15 is 0 Å². The zero-order chi connectivity index (χ0) is 21.3. The average Bonchev–Trinajstić information content (AvgIpc) is 3.32. The molecular formula is C20H19N5O3S2. The third-order valence-electron chi connectivity index (χ3n) is 4.44. The Bertz CT molecular complexity index is 1340. The molecule has 0 atom stereocenters. The van der Waals surface area contributed by atoms with Crippen molar-refractivity contribution < 1.29 is 13.2 Å². The van der Waals surface area contributed by atoms with Gasteiger partial charge < -0.3 is 5.32 Å². The fraction of sp³-hybridized carbons (Fsp3) is 0.150. The van der Waals surface area contributed by atoms with Gasteiger partial charge in [0.2, 0.25) is 11.7 Å². The van der Waals surface area contributed by atoms with E-state index in [1.807, 2.05) is 29.7 Å². The summed E-state index contributed by atoms with van der Waals surface area (Å²) in [4.78, 5) is 20.6. The summed E-state index contributed by atoms with van der Waals surface area (Å²) >= 11 is 1.12. The number of benzene rings is 1. The highest BCUT2D eigenvalue weighted by Crippen LogP contribution is 2.28. The van der Waals surface area contributed by atoms with Gasteiger partial charge in [0.05, 0.1) is 12.2 Å². The van der Waals surface area contributed by atoms with Gasteiger partial charge >= 0.3 is 0 Å². The second kappa shape index (κ2) is 7.88. The zero-order valence-electron chi connectivity index (χ0n) is 16.3. The van der Waals surface area contributed by atoms with Crippen molar-refractivity contribution in [1.29, 1.82) is 0 Å². The summed E-state index contributed by atoms with van der Waals surface area (Å²) in [6.07, 6.45) is 3.56. The van der Waals surface area contributed by atoms with Crippen LogP contribution in [0.2, 0.25) is 0 Å².